The van der Waals surface area contributed by atoms with Crippen LogP contribution in [0, 0.1) is 0 Å². The van der Waals surface area contributed by atoms with E-state index in [2.05, 4.69) is 5.01 Å². The molecule has 0 spiro atoms. The summed E-state index contributed by atoms with van der Waals surface area (Å²) < 4.78 is 0. The summed E-state index contributed by atoms with van der Waals surface area (Å²) in [7, 11) is 0. The summed E-state index contributed by atoms with van der Waals surface area (Å²) in [5.41, 5.74) is 8.84. The van der Waals surface area contributed by atoms with Gasteiger partial charge < -0.3 is 5.73 Å². The molecule has 3 nitrogen and oxygen atoms in total. The van der Waals surface area contributed by atoms with Crippen LogP contribution in [0.3, 0.4) is 0 Å². The summed E-state index contributed by atoms with van der Waals surface area (Å²) in [5, 5.41) is 6.89. The van der Waals surface area contributed by atoms with Gasteiger partial charge in [0.2, 0.25) is 0 Å². The molecule has 0 unspecified atom stereocenters. The van der Waals surface area contributed by atoms with E-state index < -0.39 is 0 Å². The third-order valence-corrected chi connectivity index (χ3v) is 3.22. The predicted molar refractivity (Wildman–Crippen MR) is 73.1 cm³/mol. The van der Waals surface area contributed by atoms with Crippen LogP contribution < -0.4 is 5.73 Å². The van der Waals surface area contributed by atoms with Gasteiger partial charge in [0.15, 0.2) is 0 Å². The third kappa shape index (κ3) is 3.22. The van der Waals surface area contributed by atoms with Crippen molar-refractivity contribution >= 4 is 11.4 Å². The highest BCUT2D eigenvalue weighted by Gasteiger charge is 2.08. The van der Waals surface area contributed by atoms with Crippen LogP contribution in [0.4, 0.5) is 5.69 Å². The molecule has 1 aromatic carbocycles. The largest absolute Gasteiger partial charge is 0.398 e. The maximum Gasteiger partial charge on any atom is 0.0667 e. The monoisotopic (exact) mass is 231 g/mol. The van der Waals surface area contributed by atoms with Gasteiger partial charge in [-0.05, 0) is 25.8 Å². The van der Waals surface area contributed by atoms with Gasteiger partial charge in [-0.2, -0.15) is 5.10 Å². The number of hydrazone groups is 1. The molecular formula is C14H21N3. The van der Waals surface area contributed by atoms with Gasteiger partial charge in [-0.1, -0.05) is 31.0 Å². The fourth-order valence-corrected chi connectivity index (χ4v) is 2.25. The van der Waals surface area contributed by atoms with E-state index in [4.69, 9.17) is 10.8 Å². The van der Waals surface area contributed by atoms with Crippen LogP contribution in [-0.2, 0) is 0 Å². The van der Waals surface area contributed by atoms with Crippen molar-refractivity contribution in [3.8, 4) is 0 Å². The Hall–Kier alpha value is -1.51. The zero-order valence-electron chi connectivity index (χ0n) is 10.5. The van der Waals surface area contributed by atoms with Crippen molar-refractivity contribution in [2.45, 2.75) is 32.6 Å². The summed E-state index contributed by atoms with van der Waals surface area (Å²) in [4.78, 5) is 0. The predicted octanol–water partition coefficient (Wildman–Crippen LogP) is 2.87. The van der Waals surface area contributed by atoms with E-state index in [-0.39, 0.29) is 0 Å². The molecule has 2 rings (SSSR count). The molecule has 1 fully saturated rings. The number of nitrogens with zero attached hydrogens (tertiary/aromatic N) is 2. The summed E-state index contributed by atoms with van der Waals surface area (Å²) in [6, 6.07) is 7.92. The van der Waals surface area contributed by atoms with Crippen molar-refractivity contribution < 1.29 is 0 Å². The number of anilines is 1. The van der Waals surface area contributed by atoms with E-state index >= 15 is 0 Å². The minimum atomic E-state index is 0.809. The average Bonchev–Trinajstić information content (AvgIpc) is 2.58. The fourth-order valence-electron chi connectivity index (χ4n) is 2.25. The summed E-state index contributed by atoms with van der Waals surface area (Å²) in [6.07, 6.45) is 5.17. The van der Waals surface area contributed by atoms with Gasteiger partial charge in [0.1, 0.15) is 0 Å². The molecule has 17 heavy (non-hydrogen) atoms. The molecule has 0 aliphatic carbocycles. The molecule has 2 N–H and O–H groups in total. The van der Waals surface area contributed by atoms with Gasteiger partial charge in [0.25, 0.3) is 0 Å². The van der Waals surface area contributed by atoms with Crippen LogP contribution in [0.25, 0.3) is 0 Å². The van der Waals surface area contributed by atoms with Crippen molar-refractivity contribution in [1.29, 1.82) is 0 Å². The van der Waals surface area contributed by atoms with Crippen LogP contribution in [0.15, 0.2) is 29.4 Å². The van der Waals surface area contributed by atoms with Crippen molar-refractivity contribution in [2.24, 2.45) is 5.10 Å². The normalized spacial score (nSPS) is 17.9. The average molecular weight is 231 g/mol. The van der Waals surface area contributed by atoms with Crippen molar-refractivity contribution in [1.82, 2.24) is 5.01 Å². The summed E-state index contributed by atoms with van der Waals surface area (Å²) >= 11 is 0. The Morgan fingerprint density at radius 3 is 2.41 bits per heavy atom. The Morgan fingerprint density at radius 2 is 1.76 bits per heavy atom. The highest BCUT2D eigenvalue weighted by atomic mass is 15.4. The smallest absolute Gasteiger partial charge is 0.0667 e. The van der Waals surface area contributed by atoms with Gasteiger partial charge in [-0.15, -0.1) is 0 Å². The Balaban J connectivity index is 2.12. The van der Waals surface area contributed by atoms with Crippen molar-refractivity contribution in [2.75, 3.05) is 18.8 Å². The highest BCUT2D eigenvalue weighted by molar-refractivity contribution is 6.02. The molecule has 0 amide bonds. The van der Waals surface area contributed by atoms with Crippen LogP contribution in [-0.4, -0.2) is 23.8 Å². The minimum Gasteiger partial charge on any atom is -0.398 e. The zero-order valence-corrected chi connectivity index (χ0v) is 10.5. The molecule has 1 aliphatic rings. The third-order valence-electron chi connectivity index (χ3n) is 3.22. The molecule has 0 bridgehead atoms. The number of hydrogen-bond donors (Lipinski definition) is 1. The first-order chi connectivity index (χ1) is 8.27. The van der Waals surface area contributed by atoms with Crippen LogP contribution >= 0.6 is 0 Å². The highest BCUT2D eigenvalue weighted by Crippen LogP contribution is 2.14. The fraction of sp³-hybridized carbons (Fsp3) is 0.500. The Bertz CT molecular complexity index is 390. The SMILES string of the molecule is C/C(=N\N1CCCCCC1)c1ccccc1N. The first kappa shape index (κ1) is 12.0. The summed E-state index contributed by atoms with van der Waals surface area (Å²) in [5.74, 6) is 0. The number of benzene rings is 1. The molecule has 1 aromatic rings. The maximum atomic E-state index is 5.96. The molecule has 92 valence electrons. The number of para-hydroxylation sites is 1. The van der Waals surface area contributed by atoms with E-state index in [1.165, 1.54) is 25.7 Å². The second kappa shape index (κ2) is 5.71. The number of nitrogen functional groups attached to an aromatic ring is 1. The molecular weight excluding hydrogens is 210 g/mol. The summed E-state index contributed by atoms with van der Waals surface area (Å²) in [6.45, 7) is 4.19. The first-order valence-corrected chi connectivity index (χ1v) is 6.42. The molecule has 3 heteroatoms. The Kier molecular flexibility index (Phi) is 4.02. The van der Waals surface area contributed by atoms with Gasteiger partial charge in [0.05, 0.1) is 5.71 Å². The molecule has 1 heterocycles. The van der Waals surface area contributed by atoms with E-state index in [1.54, 1.807) is 0 Å². The quantitative estimate of drug-likeness (QED) is 0.628. The van der Waals surface area contributed by atoms with Crippen LogP contribution in [0.2, 0.25) is 0 Å². The standard InChI is InChI=1S/C14H21N3/c1-12(13-8-4-5-9-14(13)15)16-17-10-6-2-3-7-11-17/h4-5,8-9H,2-3,6-7,10-11,15H2,1H3/b16-12+. The topological polar surface area (TPSA) is 41.6 Å². The molecule has 0 saturated carbocycles. The Morgan fingerprint density at radius 1 is 1.12 bits per heavy atom. The van der Waals surface area contributed by atoms with Gasteiger partial charge in [0, 0.05) is 24.3 Å². The molecule has 1 aliphatic heterocycles. The second-order valence-electron chi connectivity index (χ2n) is 4.64. The second-order valence-corrected chi connectivity index (χ2v) is 4.64. The van der Waals surface area contributed by atoms with Crippen LogP contribution in [0.5, 0.6) is 0 Å². The molecule has 0 atom stereocenters. The van der Waals surface area contributed by atoms with Gasteiger partial charge in [-0.25, -0.2) is 0 Å². The van der Waals surface area contributed by atoms with E-state index in [0.717, 1.165) is 30.1 Å². The lowest BCUT2D eigenvalue weighted by atomic mass is 10.1. The number of hydrogen-bond acceptors (Lipinski definition) is 3. The van der Waals surface area contributed by atoms with E-state index in [1.807, 2.05) is 31.2 Å². The lowest BCUT2D eigenvalue weighted by Gasteiger charge is -2.17. The minimum absolute atomic E-state index is 0.809. The maximum absolute atomic E-state index is 5.96. The first-order valence-electron chi connectivity index (χ1n) is 6.42. The molecule has 0 aromatic heterocycles. The van der Waals surface area contributed by atoms with Crippen molar-refractivity contribution in [3.05, 3.63) is 29.8 Å². The number of rotatable bonds is 2. The lowest BCUT2D eigenvalue weighted by Crippen LogP contribution is -2.20. The number of nitrogens with two attached hydrogens (primary N) is 1. The molecule has 1 saturated heterocycles. The Labute approximate surface area is 103 Å². The zero-order chi connectivity index (χ0) is 12.1. The van der Waals surface area contributed by atoms with Crippen LogP contribution in [0.1, 0.15) is 38.2 Å². The van der Waals surface area contributed by atoms with Crippen molar-refractivity contribution in [3.63, 3.8) is 0 Å². The van der Waals surface area contributed by atoms with Gasteiger partial charge >= 0.3 is 0 Å². The van der Waals surface area contributed by atoms with E-state index in [0.29, 0.717) is 0 Å². The lowest BCUT2D eigenvalue weighted by molar-refractivity contribution is 0.301. The van der Waals surface area contributed by atoms with E-state index in [9.17, 15) is 0 Å². The van der Waals surface area contributed by atoms with Gasteiger partial charge in [-0.3, -0.25) is 5.01 Å². The molecule has 0 radical (unpaired) electrons.